The first kappa shape index (κ1) is 14.7. The summed E-state index contributed by atoms with van der Waals surface area (Å²) in [5.41, 5.74) is 2.42. The Kier molecular flexibility index (Phi) is 3.43. The fourth-order valence-electron chi connectivity index (χ4n) is 2.78. The van der Waals surface area contributed by atoms with Gasteiger partial charge in [0.1, 0.15) is 10.6 Å². The van der Waals surface area contributed by atoms with Crippen LogP contribution < -0.4 is 0 Å². The molecule has 0 bridgehead atoms. The Bertz CT molecular complexity index is 1080. The van der Waals surface area contributed by atoms with Crippen molar-refractivity contribution in [2.75, 3.05) is 0 Å². The van der Waals surface area contributed by atoms with E-state index in [1.54, 1.807) is 24.3 Å². The zero-order valence-electron chi connectivity index (χ0n) is 12.6. The number of benzene rings is 3. The summed E-state index contributed by atoms with van der Waals surface area (Å²) in [6.07, 6.45) is 3.67. The Balaban J connectivity index is 1.75. The molecule has 0 atom stereocenters. The third kappa shape index (κ3) is 2.49. The van der Waals surface area contributed by atoms with Crippen LogP contribution >= 0.6 is 0 Å². The van der Waals surface area contributed by atoms with E-state index in [1.807, 2.05) is 42.5 Å². The highest BCUT2D eigenvalue weighted by molar-refractivity contribution is 7.86. The van der Waals surface area contributed by atoms with Crippen molar-refractivity contribution in [1.29, 1.82) is 0 Å². The predicted molar refractivity (Wildman–Crippen MR) is 94.2 cm³/mol. The van der Waals surface area contributed by atoms with Crippen LogP contribution in [0.2, 0.25) is 0 Å². The molecule has 3 aromatic rings. The van der Waals surface area contributed by atoms with Crippen molar-refractivity contribution in [3.63, 3.8) is 0 Å². The van der Waals surface area contributed by atoms with Crippen molar-refractivity contribution in [3.8, 4) is 0 Å². The topological polar surface area (TPSA) is 55.7 Å². The highest BCUT2D eigenvalue weighted by atomic mass is 32.2. The summed E-state index contributed by atoms with van der Waals surface area (Å²) in [7, 11) is -3.93. The van der Waals surface area contributed by atoms with Crippen molar-refractivity contribution in [1.82, 2.24) is 0 Å². The molecule has 4 rings (SSSR count). The number of nitrogens with zero attached hydrogens (tertiary/aromatic N) is 1. The fraction of sp³-hybridized carbons (Fsp3) is 0. The SMILES string of the molecule is O=S(=O)(O/N=C1/C=Cc2cccc3cccc1c23)c1ccccc1. The molecule has 3 aromatic carbocycles. The minimum Gasteiger partial charge on any atom is -0.264 e. The first-order valence-corrected chi connectivity index (χ1v) is 8.83. The van der Waals surface area contributed by atoms with Crippen LogP contribution in [0, 0.1) is 0 Å². The predicted octanol–water partition coefficient (Wildman–Crippen LogP) is 3.98. The van der Waals surface area contributed by atoms with Gasteiger partial charge in [0.2, 0.25) is 0 Å². The molecular formula is C19H13NO3S. The van der Waals surface area contributed by atoms with E-state index in [0.29, 0.717) is 5.71 Å². The average Bonchev–Trinajstić information content (AvgIpc) is 2.62. The summed E-state index contributed by atoms with van der Waals surface area (Å²) in [6.45, 7) is 0. The molecule has 0 amide bonds. The molecule has 0 saturated heterocycles. The lowest BCUT2D eigenvalue weighted by atomic mass is 9.92. The van der Waals surface area contributed by atoms with Gasteiger partial charge in [-0.2, -0.15) is 8.42 Å². The fourth-order valence-corrected chi connectivity index (χ4v) is 3.53. The van der Waals surface area contributed by atoms with E-state index in [9.17, 15) is 8.42 Å². The lowest BCUT2D eigenvalue weighted by Crippen LogP contribution is -2.08. The van der Waals surface area contributed by atoms with Crippen molar-refractivity contribution in [2.24, 2.45) is 5.16 Å². The molecule has 0 aliphatic heterocycles. The van der Waals surface area contributed by atoms with Crippen LogP contribution in [-0.4, -0.2) is 14.1 Å². The van der Waals surface area contributed by atoms with E-state index in [4.69, 9.17) is 4.28 Å². The molecule has 0 aromatic heterocycles. The van der Waals surface area contributed by atoms with Crippen molar-refractivity contribution < 1.29 is 12.7 Å². The second-order valence-electron chi connectivity index (χ2n) is 5.40. The first-order chi connectivity index (χ1) is 11.6. The Morgan fingerprint density at radius 2 is 1.54 bits per heavy atom. The Morgan fingerprint density at radius 1 is 0.792 bits per heavy atom. The molecule has 0 N–H and O–H groups in total. The number of oxime groups is 1. The first-order valence-electron chi connectivity index (χ1n) is 7.42. The molecule has 0 heterocycles. The molecule has 24 heavy (non-hydrogen) atoms. The normalized spacial score (nSPS) is 14.9. The molecule has 0 spiro atoms. The lowest BCUT2D eigenvalue weighted by Gasteiger charge is -2.13. The van der Waals surface area contributed by atoms with E-state index < -0.39 is 10.1 Å². The molecule has 0 fully saturated rings. The molecule has 5 heteroatoms. The van der Waals surface area contributed by atoms with Crippen LogP contribution in [-0.2, 0) is 14.4 Å². The highest BCUT2D eigenvalue weighted by Gasteiger charge is 2.18. The van der Waals surface area contributed by atoms with Crippen LogP contribution in [0.5, 0.6) is 0 Å². The summed E-state index contributed by atoms with van der Waals surface area (Å²) in [5, 5.41) is 6.02. The van der Waals surface area contributed by atoms with Gasteiger partial charge in [-0.05, 0) is 34.5 Å². The van der Waals surface area contributed by atoms with E-state index in [2.05, 4.69) is 5.16 Å². The summed E-state index contributed by atoms with van der Waals surface area (Å²) in [5.74, 6) is 0. The largest absolute Gasteiger partial charge is 0.358 e. The quantitative estimate of drug-likeness (QED) is 0.680. The molecule has 0 radical (unpaired) electrons. The number of hydrogen-bond donors (Lipinski definition) is 0. The van der Waals surface area contributed by atoms with Crippen molar-refractivity contribution in [2.45, 2.75) is 4.90 Å². The minimum absolute atomic E-state index is 0.0766. The van der Waals surface area contributed by atoms with Gasteiger partial charge in [0.15, 0.2) is 0 Å². The maximum Gasteiger partial charge on any atom is 0.358 e. The van der Waals surface area contributed by atoms with Gasteiger partial charge >= 0.3 is 10.1 Å². The van der Waals surface area contributed by atoms with E-state index in [1.165, 1.54) is 12.1 Å². The van der Waals surface area contributed by atoms with Crippen LogP contribution in [0.25, 0.3) is 16.8 Å². The Morgan fingerprint density at radius 3 is 2.33 bits per heavy atom. The van der Waals surface area contributed by atoms with E-state index in [0.717, 1.165) is 21.9 Å². The smallest absolute Gasteiger partial charge is 0.264 e. The van der Waals surface area contributed by atoms with Gasteiger partial charge in [-0.25, -0.2) is 0 Å². The van der Waals surface area contributed by atoms with Crippen LogP contribution in [0.4, 0.5) is 0 Å². The van der Waals surface area contributed by atoms with Gasteiger partial charge < -0.3 is 0 Å². The molecule has 1 aliphatic carbocycles. The third-order valence-electron chi connectivity index (χ3n) is 3.90. The van der Waals surface area contributed by atoms with Gasteiger partial charge in [-0.15, -0.1) is 0 Å². The Labute approximate surface area is 139 Å². The summed E-state index contributed by atoms with van der Waals surface area (Å²) >= 11 is 0. The summed E-state index contributed by atoms with van der Waals surface area (Å²) in [6, 6.07) is 19.8. The number of allylic oxidation sites excluding steroid dienone is 1. The molecule has 0 unspecified atom stereocenters. The monoisotopic (exact) mass is 335 g/mol. The molecule has 1 aliphatic rings. The third-order valence-corrected chi connectivity index (χ3v) is 5.02. The van der Waals surface area contributed by atoms with Crippen molar-refractivity contribution >= 4 is 32.7 Å². The summed E-state index contributed by atoms with van der Waals surface area (Å²) < 4.78 is 29.3. The zero-order chi connectivity index (χ0) is 16.6. The maximum atomic E-state index is 12.2. The van der Waals surface area contributed by atoms with Crippen molar-refractivity contribution in [3.05, 3.63) is 83.9 Å². The lowest BCUT2D eigenvalue weighted by molar-refractivity contribution is 0.339. The maximum absolute atomic E-state index is 12.2. The average molecular weight is 335 g/mol. The van der Waals surface area contributed by atoms with Crippen LogP contribution in [0.3, 0.4) is 0 Å². The van der Waals surface area contributed by atoms with Gasteiger partial charge in [-0.3, -0.25) is 4.28 Å². The molecule has 0 saturated carbocycles. The standard InChI is InChI=1S/C19H13NO3S/c21-24(22,16-9-2-1-3-10-16)23-20-18-13-12-15-7-4-6-14-8-5-11-17(18)19(14)15/h1-13H/b20-18-. The molecular weight excluding hydrogens is 322 g/mol. The zero-order valence-corrected chi connectivity index (χ0v) is 13.4. The molecule has 4 nitrogen and oxygen atoms in total. The minimum atomic E-state index is -3.93. The number of hydrogen-bond acceptors (Lipinski definition) is 4. The molecule has 118 valence electrons. The van der Waals surface area contributed by atoms with Gasteiger partial charge in [-0.1, -0.05) is 65.8 Å². The Hall–Kier alpha value is -2.92. The second kappa shape index (κ2) is 5.62. The highest BCUT2D eigenvalue weighted by Crippen LogP contribution is 2.28. The van der Waals surface area contributed by atoms with E-state index in [-0.39, 0.29) is 4.90 Å². The van der Waals surface area contributed by atoms with Gasteiger partial charge in [0.05, 0.1) is 0 Å². The summed E-state index contributed by atoms with van der Waals surface area (Å²) in [4.78, 5) is 0.0766. The van der Waals surface area contributed by atoms with E-state index >= 15 is 0 Å². The van der Waals surface area contributed by atoms with Gasteiger partial charge in [0.25, 0.3) is 0 Å². The van der Waals surface area contributed by atoms with Gasteiger partial charge in [0, 0.05) is 5.56 Å². The van der Waals surface area contributed by atoms with Crippen LogP contribution in [0.1, 0.15) is 11.1 Å². The second-order valence-corrected chi connectivity index (χ2v) is 6.93. The number of rotatable bonds is 3. The van der Waals surface area contributed by atoms with Crippen LogP contribution in [0.15, 0.2) is 82.9 Å².